The molecule has 1 atom stereocenters. The van der Waals surface area contributed by atoms with Gasteiger partial charge in [0.1, 0.15) is 5.69 Å². The number of alkyl halides is 1. The third kappa shape index (κ3) is 2.25. The summed E-state index contributed by atoms with van der Waals surface area (Å²) in [5.74, 6) is 0.501. The standard InChI is InChI=1S/C10H9Cl3N4/c1-5-3-4-7(12)9(8(5)13)17-10(6(2)11)14-15-16-17/h3-4,6H,1-2H3. The van der Waals surface area contributed by atoms with Gasteiger partial charge in [0.15, 0.2) is 5.82 Å². The molecule has 0 amide bonds. The number of hydrogen-bond donors (Lipinski definition) is 0. The normalized spacial score (nSPS) is 12.8. The second kappa shape index (κ2) is 4.80. The molecule has 0 bridgehead atoms. The van der Waals surface area contributed by atoms with Crippen molar-refractivity contribution in [3.05, 3.63) is 33.6 Å². The van der Waals surface area contributed by atoms with Gasteiger partial charge in [0, 0.05) is 0 Å². The monoisotopic (exact) mass is 290 g/mol. The Morgan fingerprint density at radius 1 is 1.29 bits per heavy atom. The Bertz CT molecular complexity index is 550. The zero-order valence-corrected chi connectivity index (χ0v) is 11.4. The molecule has 0 saturated carbocycles. The van der Waals surface area contributed by atoms with Crippen LogP contribution in [0.25, 0.3) is 5.69 Å². The number of halogens is 3. The van der Waals surface area contributed by atoms with Crippen molar-refractivity contribution in [1.29, 1.82) is 0 Å². The van der Waals surface area contributed by atoms with Crippen molar-refractivity contribution >= 4 is 34.8 Å². The van der Waals surface area contributed by atoms with E-state index in [1.165, 1.54) is 4.68 Å². The van der Waals surface area contributed by atoms with Crippen LogP contribution in [0.4, 0.5) is 0 Å². The Hall–Kier alpha value is -0.840. The highest BCUT2D eigenvalue weighted by Crippen LogP contribution is 2.32. The largest absolute Gasteiger partial charge is 0.193 e. The van der Waals surface area contributed by atoms with Gasteiger partial charge < -0.3 is 0 Å². The highest BCUT2D eigenvalue weighted by Gasteiger charge is 2.18. The minimum Gasteiger partial charge on any atom is -0.193 e. The summed E-state index contributed by atoms with van der Waals surface area (Å²) < 4.78 is 1.47. The molecule has 90 valence electrons. The number of benzene rings is 1. The van der Waals surface area contributed by atoms with E-state index in [2.05, 4.69) is 15.5 Å². The lowest BCUT2D eigenvalue weighted by Gasteiger charge is -2.11. The summed E-state index contributed by atoms with van der Waals surface area (Å²) in [5, 5.41) is 12.0. The molecule has 2 aromatic rings. The van der Waals surface area contributed by atoms with Gasteiger partial charge in [0.2, 0.25) is 0 Å². The first-order chi connectivity index (χ1) is 8.02. The molecule has 0 spiro atoms. The van der Waals surface area contributed by atoms with Crippen LogP contribution in [0.3, 0.4) is 0 Å². The summed E-state index contributed by atoms with van der Waals surface area (Å²) >= 11 is 18.3. The van der Waals surface area contributed by atoms with E-state index in [0.29, 0.717) is 21.6 Å². The smallest absolute Gasteiger partial charge is 0.174 e. The summed E-state index contributed by atoms with van der Waals surface area (Å²) in [6, 6.07) is 3.59. The van der Waals surface area contributed by atoms with Crippen molar-refractivity contribution in [3.8, 4) is 5.69 Å². The average molecular weight is 292 g/mol. The molecule has 0 aliphatic carbocycles. The van der Waals surface area contributed by atoms with E-state index >= 15 is 0 Å². The molecule has 2 rings (SSSR count). The SMILES string of the molecule is Cc1ccc(Cl)c(-n2nnnc2C(C)Cl)c1Cl. The highest BCUT2D eigenvalue weighted by atomic mass is 35.5. The molecule has 1 heterocycles. The molecule has 0 N–H and O–H groups in total. The lowest BCUT2D eigenvalue weighted by molar-refractivity contribution is 0.760. The van der Waals surface area contributed by atoms with Crippen molar-refractivity contribution in [1.82, 2.24) is 20.2 Å². The van der Waals surface area contributed by atoms with Gasteiger partial charge in [-0.25, -0.2) is 0 Å². The van der Waals surface area contributed by atoms with E-state index in [9.17, 15) is 0 Å². The maximum absolute atomic E-state index is 6.22. The number of aromatic nitrogens is 4. The fourth-order valence-corrected chi connectivity index (χ4v) is 2.10. The van der Waals surface area contributed by atoms with Gasteiger partial charge in [-0.3, -0.25) is 0 Å². The molecule has 7 heteroatoms. The van der Waals surface area contributed by atoms with Crippen LogP contribution in [0.2, 0.25) is 10.0 Å². The summed E-state index contributed by atoms with van der Waals surface area (Å²) in [7, 11) is 0. The van der Waals surface area contributed by atoms with Crippen LogP contribution in [-0.4, -0.2) is 20.2 Å². The summed E-state index contributed by atoms with van der Waals surface area (Å²) in [4.78, 5) is 0. The zero-order chi connectivity index (χ0) is 12.6. The molecule has 0 aliphatic heterocycles. The Labute approximate surface area is 113 Å². The van der Waals surface area contributed by atoms with Crippen LogP contribution >= 0.6 is 34.8 Å². The maximum atomic E-state index is 6.22. The maximum Gasteiger partial charge on any atom is 0.174 e. The molecular formula is C10H9Cl3N4. The number of hydrogen-bond acceptors (Lipinski definition) is 3. The van der Waals surface area contributed by atoms with E-state index in [0.717, 1.165) is 5.56 Å². The lowest BCUT2D eigenvalue weighted by Crippen LogP contribution is -2.05. The van der Waals surface area contributed by atoms with Crippen LogP contribution in [0.1, 0.15) is 23.7 Å². The van der Waals surface area contributed by atoms with E-state index in [1.807, 2.05) is 13.0 Å². The second-order valence-electron chi connectivity index (χ2n) is 3.59. The van der Waals surface area contributed by atoms with Crippen LogP contribution in [0, 0.1) is 6.92 Å². The Morgan fingerprint density at radius 2 is 2.00 bits per heavy atom. The van der Waals surface area contributed by atoms with Gasteiger partial charge in [0.05, 0.1) is 15.4 Å². The Balaban J connectivity index is 2.68. The van der Waals surface area contributed by atoms with Gasteiger partial charge in [0.25, 0.3) is 0 Å². The predicted octanol–water partition coefficient (Wildman–Crippen LogP) is 3.58. The van der Waals surface area contributed by atoms with E-state index in [4.69, 9.17) is 34.8 Å². The minimum absolute atomic E-state index is 0.336. The van der Waals surface area contributed by atoms with Gasteiger partial charge in [-0.2, -0.15) is 4.68 Å². The summed E-state index contributed by atoms with van der Waals surface area (Å²) in [6.07, 6.45) is 0. The molecule has 4 nitrogen and oxygen atoms in total. The van der Waals surface area contributed by atoms with Crippen LogP contribution in [-0.2, 0) is 0 Å². The van der Waals surface area contributed by atoms with E-state index < -0.39 is 0 Å². The van der Waals surface area contributed by atoms with Crippen molar-refractivity contribution in [2.75, 3.05) is 0 Å². The number of nitrogens with zero attached hydrogens (tertiary/aromatic N) is 4. The predicted molar refractivity (Wildman–Crippen MR) is 68.2 cm³/mol. The van der Waals surface area contributed by atoms with E-state index in [-0.39, 0.29) is 5.38 Å². The zero-order valence-electron chi connectivity index (χ0n) is 9.15. The first kappa shape index (κ1) is 12.6. The molecular weight excluding hydrogens is 282 g/mol. The number of tetrazole rings is 1. The molecule has 0 fully saturated rings. The van der Waals surface area contributed by atoms with Crippen molar-refractivity contribution in [3.63, 3.8) is 0 Å². The minimum atomic E-state index is -0.336. The van der Waals surface area contributed by atoms with Crippen LogP contribution in [0.5, 0.6) is 0 Å². The van der Waals surface area contributed by atoms with Gasteiger partial charge in [-0.15, -0.1) is 16.7 Å². The topological polar surface area (TPSA) is 43.6 Å². The second-order valence-corrected chi connectivity index (χ2v) is 5.03. The summed E-state index contributed by atoms with van der Waals surface area (Å²) in [5.41, 5.74) is 1.45. The first-order valence-electron chi connectivity index (χ1n) is 4.89. The fourth-order valence-electron chi connectivity index (χ4n) is 1.44. The van der Waals surface area contributed by atoms with E-state index in [1.54, 1.807) is 13.0 Å². The number of rotatable bonds is 2. The molecule has 17 heavy (non-hydrogen) atoms. The molecule has 0 radical (unpaired) electrons. The third-order valence-corrected chi connectivity index (χ3v) is 3.30. The lowest BCUT2D eigenvalue weighted by atomic mass is 10.2. The molecule has 1 aromatic heterocycles. The summed E-state index contributed by atoms with van der Waals surface area (Å²) in [6.45, 7) is 3.66. The van der Waals surface area contributed by atoms with Crippen molar-refractivity contribution in [2.24, 2.45) is 0 Å². The number of aryl methyl sites for hydroxylation is 1. The van der Waals surface area contributed by atoms with Gasteiger partial charge in [-0.05, 0) is 35.9 Å². The Kier molecular flexibility index (Phi) is 3.56. The van der Waals surface area contributed by atoms with Gasteiger partial charge in [-0.1, -0.05) is 29.3 Å². The first-order valence-corrected chi connectivity index (χ1v) is 6.09. The van der Waals surface area contributed by atoms with Crippen LogP contribution in [0.15, 0.2) is 12.1 Å². The van der Waals surface area contributed by atoms with Gasteiger partial charge >= 0.3 is 0 Å². The molecule has 1 aromatic carbocycles. The third-order valence-electron chi connectivity index (χ3n) is 2.32. The fraction of sp³-hybridized carbons (Fsp3) is 0.300. The molecule has 0 saturated heterocycles. The highest BCUT2D eigenvalue weighted by molar-refractivity contribution is 6.38. The molecule has 0 aliphatic rings. The average Bonchev–Trinajstić information content (AvgIpc) is 2.73. The van der Waals surface area contributed by atoms with Crippen LogP contribution < -0.4 is 0 Å². The molecule has 1 unspecified atom stereocenters. The Morgan fingerprint density at radius 3 is 2.65 bits per heavy atom. The van der Waals surface area contributed by atoms with Crippen molar-refractivity contribution < 1.29 is 0 Å². The quantitative estimate of drug-likeness (QED) is 0.794. The van der Waals surface area contributed by atoms with Crippen molar-refractivity contribution in [2.45, 2.75) is 19.2 Å².